The summed E-state index contributed by atoms with van der Waals surface area (Å²) in [5.41, 5.74) is 1.21. The summed E-state index contributed by atoms with van der Waals surface area (Å²) in [4.78, 5) is 25.0. The van der Waals surface area contributed by atoms with Crippen molar-refractivity contribution in [3.05, 3.63) is 11.9 Å². The number of carbonyl (C=O) groups excluding carboxylic acids is 2. The summed E-state index contributed by atoms with van der Waals surface area (Å²) < 4.78 is 1.86. The molecule has 1 unspecified atom stereocenters. The molecule has 128 valence electrons. The topological polar surface area (TPSA) is 68.1 Å². The van der Waals surface area contributed by atoms with Crippen LogP contribution in [0.4, 0.5) is 0 Å². The molecule has 0 spiro atoms. The molecule has 2 heterocycles. The Hall–Kier alpha value is -1.72. The molecular weight excluding hydrogens is 292 g/mol. The zero-order valence-corrected chi connectivity index (χ0v) is 14.7. The molecule has 1 fully saturated rings. The number of aryl methyl sites for hydroxylation is 1. The molecule has 0 aromatic carbocycles. The first-order chi connectivity index (χ1) is 10.8. The van der Waals surface area contributed by atoms with E-state index in [0.29, 0.717) is 24.8 Å². The van der Waals surface area contributed by atoms with Crippen molar-refractivity contribution in [1.82, 2.24) is 19.9 Å². The lowest BCUT2D eigenvalue weighted by Crippen LogP contribution is -2.32. The maximum absolute atomic E-state index is 11.9. The fourth-order valence-electron chi connectivity index (χ4n) is 2.80. The van der Waals surface area contributed by atoms with Crippen molar-refractivity contribution in [3.8, 4) is 0 Å². The van der Waals surface area contributed by atoms with Crippen LogP contribution in [0, 0.1) is 11.3 Å². The lowest BCUT2D eigenvalue weighted by Gasteiger charge is -2.17. The molecule has 0 bridgehead atoms. The van der Waals surface area contributed by atoms with Gasteiger partial charge >= 0.3 is 0 Å². The minimum atomic E-state index is -0.180. The second kappa shape index (κ2) is 7.23. The third-order valence-corrected chi connectivity index (χ3v) is 4.21. The van der Waals surface area contributed by atoms with Gasteiger partial charge in [-0.1, -0.05) is 39.3 Å². The summed E-state index contributed by atoms with van der Waals surface area (Å²) in [6.45, 7) is 9.83. The molecule has 0 radical (unpaired) electrons. The zero-order chi connectivity index (χ0) is 17.0. The predicted molar refractivity (Wildman–Crippen MR) is 87.5 cm³/mol. The predicted octanol–water partition coefficient (Wildman–Crippen LogP) is 2.43. The van der Waals surface area contributed by atoms with E-state index < -0.39 is 0 Å². The molecule has 1 atom stereocenters. The van der Waals surface area contributed by atoms with E-state index in [0.717, 1.165) is 18.7 Å². The highest BCUT2D eigenvalue weighted by Gasteiger charge is 2.35. The monoisotopic (exact) mass is 320 g/mol. The number of rotatable bonds is 7. The van der Waals surface area contributed by atoms with E-state index in [1.54, 1.807) is 6.92 Å². The van der Waals surface area contributed by atoms with Crippen molar-refractivity contribution in [2.24, 2.45) is 11.3 Å². The molecule has 0 saturated carbocycles. The summed E-state index contributed by atoms with van der Waals surface area (Å²) in [5, 5.41) is 8.26. The van der Waals surface area contributed by atoms with Crippen molar-refractivity contribution in [1.29, 1.82) is 0 Å². The lowest BCUT2D eigenvalue weighted by molar-refractivity contribution is -0.139. The fourth-order valence-corrected chi connectivity index (χ4v) is 2.80. The zero-order valence-electron chi connectivity index (χ0n) is 14.7. The molecule has 1 aromatic heterocycles. The van der Waals surface area contributed by atoms with Crippen LogP contribution in [0.25, 0.3) is 0 Å². The Morgan fingerprint density at radius 1 is 1.22 bits per heavy atom. The summed E-state index contributed by atoms with van der Waals surface area (Å²) in [7, 11) is 0. The second-order valence-electron chi connectivity index (χ2n) is 7.73. The second-order valence-corrected chi connectivity index (χ2v) is 7.73. The van der Waals surface area contributed by atoms with Crippen LogP contribution in [-0.2, 0) is 22.6 Å². The van der Waals surface area contributed by atoms with E-state index in [1.807, 2.05) is 10.9 Å². The number of aromatic nitrogens is 3. The van der Waals surface area contributed by atoms with Crippen LogP contribution in [0.3, 0.4) is 0 Å². The van der Waals surface area contributed by atoms with Gasteiger partial charge < -0.3 is 0 Å². The van der Waals surface area contributed by atoms with Crippen molar-refractivity contribution in [2.75, 3.05) is 6.54 Å². The number of carbonyl (C=O) groups is 2. The van der Waals surface area contributed by atoms with Crippen LogP contribution < -0.4 is 0 Å². The summed E-state index contributed by atoms with van der Waals surface area (Å²) in [6.07, 6.45) is 6.29. The van der Waals surface area contributed by atoms with E-state index in [4.69, 9.17) is 0 Å². The average Bonchev–Trinajstić information content (AvgIpc) is 2.99. The minimum absolute atomic E-state index is 0.0652. The van der Waals surface area contributed by atoms with Crippen LogP contribution in [0.2, 0.25) is 0 Å². The summed E-state index contributed by atoms with van der Waals surface area (Å²) >= 11 is 0. The first-order valence-corrected chi connectivity index (χ1v) is 8.49. The van der Waals surface area contributed by atoms with Gasteiger partial charge in [-0.2, -0.15) is 0 Å². The number of imide groups is 1. The first kappa shape index (κ1) is 17.6. The SMILES string of the molecule is CC1CC(=O)N(CCc2cn(CCCCC(C)(C)C)nn2)C1=O. The molecule has 1 aromatic rings. The molecule has 6 nitrogen and oxygen atoms in total. The van der Waals surface area contributed by atoms with E-state index in [-0.39, 0.29) is 17.7 Å². The highest BCUT2D eigenvalue weighted by molar-refractivity contribution is 6.03. The maximum Gasteiger partial charge on any atom is 0.232 e. The average molecular weight is 320 g/mol. The van der Waals surface area contributed by atoms with Gasteiger partial charge in [0.05, 0.1) is 5.69 Å². The highest BCUT2D eigenvalue weighted by atomic mass is 16.2. The number of likely N-dealkylation sites (tertiary alicyclic amines) is 1. The molecule has 23 heavy (non-hydrogen) atoms. The largest absolute Gasteiger partial charge is 0.282 e. The molecule has 0 N–H and O–H groups in total. The van der Waals surface area contributed by atoms with Gasteiger partial charge in [0.2, 0.25) is 11.8 Å². The van der Waals surface area contributed by atoms with Crippen LogP contribution in [0.5, 0.6) is 0 Å². The van der Waals surface area contributed by atoms with Crippen molar-refractivity contribution in [3.63, 3.8) is 0 Å². The molecule has 1 saturated heterocycles. The Labute approximate surface area is 138 Å². The molecule has 6 heteroatoms. The Kier molecular flexibility index (Phi) is 5.55. The molecule has 2 amide bonds. The van der Waals surface area contributed by atoms with Crippen molar-refractivity contribution >= 4 is 11.8 Å². The molecule has 2 rings (SSSR count). The van der Waals surface area contributed by atoms with E-state index in [9.17, 15) is 9.59 Å². The van der Waals surface area contributed by atoms with E-state index >= 15 is 0 Å². The number of hydrogen-bond acceptors (Lipinski definition) is 4. The number of unbranched alkanes of at least 4 members (excludes halogenated alkanes) is 1. The third kappa shape index (κ3) is 5.15. The lowest BCUT2D eigenvalue weighted by atomic mass is 9.90. The fraction of sp³-hybridized carbons (Fsp3) is 0.765. The van der Waals surface area contributed by atoms with E-state index in [2.05, 4.69) is 31.1 Å². The third-order valence-electron chi connectivity index (χ3n) is 4.21. The Morgan fingerprint density at radius 2 is 1.96 bits per heavy atom. The van der Waals surface area contributed by atoms with Crippen LogP contribution in [0.1, 0.15) is 59.1 Å². The minimum Gasteiger partial charge on any atom is -0.282 e. The smallest absolute Gasteiger partial charge is 0.232 e. The normalized spacial score (nSPS) is 19.0. The van der Waals surface area contributed by atoms with Gasteiger partial charge in [-0.05, 0) is 18.3 Å². The van der Waals surface area contributed by atoms with E-state index in [1.165, 1.54) is 17.7 Å². The van der Waals surface area contributed by atoms with Gasteiger partial charge in [-0.15, -0.1) is 5.10 Å². The Balaban J connectivity index is 1.75. The Bertz CT molecular complexity index is 559. The molecule has 0 aliphatic carbocycles. The molecule has 1 aliphatic heterocycles. The standard InChI is InChI=1S/C17H28N4O2/c1-13-11-15(22)21(16(13)23)10-7-14-12-20(19-18-14)9-6-5-8-17(2,3)4/h12-13H,5-11H2,1-4H3. The van der Waals surface area contributed by atoms with Gasteiger partial charge in [0.25, 0.3) is 0 Å². The Morgan fingerprint density at radius 3 is 2.57 bits per heavy atom. The van der Waals surface area contributed by atoms with Gasteiger partial charge in [-0.3, -0.25) is 19.2 Å². The quantitative estimate of drug-likeness (QED) is 0.571. The van der Waals surface area contributed by atoms with Crippen molar-refractivity contribution in [2.45, 2.75) is 66.3 Å². The summed E-state index contributed by atoms with van der Waals surface area (Å²) in [6, 6.07) is 0. The van der Waals surface area contributed by atoms with Gasteiger partial charge in [0, 0.05) is 38.0 Å². The number of amides is 2. The highest BCUT2D eigenvalue weighted by Crippen LogP contribution is 2.21. The molecule has 1 aliphatic rings. The maximum atomic E-state index is 11.9. The van der Waals surface area contributed by atoms with Gasteiger partial charge in [0.1, 0.15) is 0 Å². The van der Waals surface area contributed by atoms with Gasteiger partial charge in [-0.25, -0.2) is 0 Å². The van der Waals surface area contributed by atoms with Gasteiger partial charge in [0.15, 0.2) is 0 Å². The molecular formula is C17H28N4O2. The first-order valence-electron chi connectivity index (χ1n) is 8.49. The number of hydrogen-bond donors (Lipinski definition) is 0. The van der Waals surface area contributed by atoms with Crippen LogP contribution >= 0.6 is 0 Å². The van der Waals surface area contributed by atoms with Crippen LogP contribution in [0.15, 0.2) is 6.20 Å². The van der Waals surface area contributed by atoms with Crippen LogP contribution in [-0.4, -0.2) is 38.3 Å². The number of nitrogens with zero attached hydrogens (tertiary/aromatic N) is 4. The summed E-state index contributed by atoms with van der Waals surface area (Å²) in [5.74, 6) is -0.317. The van der Waals surface area contributed by atoms with Crippen molar-refractivity contribution < 1.29 is 9.59 Å².